The molecule has 0 aliphatic carbocycles. The second kappa shape index (κ2) is 7.94. The van der Waals surface area contributed by atoms with Gasteiger partial charge in [0.15, 0.2) is 0 Å². The molecule has 0 fully saturated rings. The van der Waals surface area contributed by atoms with E-state index in [2.05, 4.69) is 5.32 Å². The fraction of sp³-hybridized carbons (Fsp3) is 1.00. The molecule has 68 valence electrons. The van der Waals surface area contributed by atoms with E-state index in [4.69, 9.17) is 16.6 Å². The van der Waals surface area contributed by atoms with Crippen LogP contribution >= 0.6 is 0 Å². The van der Waals surface area contributed by atoms with Gasteiger partial charge >= 0.3 is 0 Å². The number of aliphatic hydroxyl groups is 1. The summed E-state index contributed by atoms with van der Waals surface area (Å²) < 4.78 is 0. The summed E-state index contributed by atoms with van der Waals surface area (Å²) in [4.78, 5) is 0. The smallest absolute Gasteiger partial charge is 0.0674 e. The largest absolute Gasteiger partial charge is 0.392 e. The molecule has 0 aromatic heterocycles. The number of nitrogens with one attached hydrogen (secondary N) is 1. The molecule has 0 heterocycles. The first-order valence-electron chi connectivity index (χ1n) is 4.10. The molecule has 1 atom stereocenters. The third-order valence-electron chi connectivity index (χ3n) is 1.48. The Bertz CT molecular complexity index is 80.1. The SMILES string of the molecule is NCCCNCCC(O)CN. The van der Waals surface area contributed by atoms with Crippen LogP contribution in [-0.2, 0) is 0 Å². The topological polar surface area (TPSA) is 84.3 Å². The van der Waals surface area contributed by atoms with Gasteiger partial charge in [-0.05, 0) is 32.5 Å². The monoisotopic (exact) mass is 161 g/mol. The molecule has 0 saturated heterocycles. The lowest BCUT2D eigenvalue weighted by atomic mass is 10.2. The fourth-order valence-electron chi connectivity index (χ4n) is 0.739. The van der Waals surface area contributed by atoms with Crippen molar-refractivity contribution in [1.29, 1.82) is 0 Å². The Morgan fingerprint density at radius 2 is 2.00 bits per heavy atom. The Kier molecular flexibility index (Phi) is 7.83. The average molecular weight is 161 g/mol. The van der Waals surface area contributed by atoms with E-state index in [0.717, 1.165) is 25.9 Å². The van der Waals surface area contributed by atoms with E-state index in [0.29, 0.717) is 13.1 Å². The second-order valence-corrected chi connectivity index (χ2v) is 2.57. The molecule has 0 aromatic rings. The van der Waals surface area contributed by atoms with Crippen LogP contribution in [0.3, 0.4) is 0 Å². The minimum atomic E-state index is -0.361. The predicted octanol–water partition coefficient (Wildman–Crippen LogP) is -1.37. The van der Waals surface area contributed by atoms with Crippen LogP contribution in [0.1, 0.15) is 12.8 Å². The third-order valence-corrected chi connectivity index (χ3v) is 1.48. The van der Waals surface area contributed by atoms with Gasteiger partial charge in [-0.1, -0.05) is 0 Å². The molecule has 0 saturated carbocycles. The van der Waals surface area contributed by atoms with Crippen LogP contribution in [0, 0.1) is 0 Å². The summed E-state index contributed by atoms with van der Waals surface area (Å²) in [5.41, 5.74) is 10.5. The molecule has 0 radical (unpaired) electrons. The molecule has 11 heavy (non-hydrogen) atoms. The molecule has 4 heteroatoms. The van der Waals surface area contributed by atoms with Crippen molar-refractivity contribution in [3.8, 4) is 0 Å². The Balaban J connectivity index is 2.89. The normalized spacial score (nSPS) is 13.4. The van der Waals surface area contributed by atoms with Crippen LogP contribution in [-0.4, -0.2) is 37.4 Å². The number of rotatable bonds is 7. The highest BCUT2D eigenvalue weighted by Gasteiger charge is 1.98. The Morgan fingerprint density at radius 3 is 2.55 bits per heavy atom. The van der Waals surface area contributed by atoms with Crippen molar-refractivity contribution in [3.63, 3.8) is 0 Å². The summed E-state index contributed by atoms with van der Waals surface area (Å²) in [5.74, 6) is 0. The molecular formula is C7H19N3O. The summed E-state index contributed by atoms with van der Waals surface area (Å²) in [7, 11) is 0. The van der Waals surface area contributed by atoms with E-state index in [1.807, 2.05) is 0 Å². The first kappa shape index (κ1) is 10.8. The number of hydrogen-bond acceptors (Lipinski definition) is 4. The number of aliphatic hydroxyl groups excluding tert-OH is 1. The van der Waals surface area contributed by atoms with E-state index in [9.17, 15) is 0 Å². The quantitative estimate of drug-likeness (QED) is 0.347. The Morgan fingerprint density at radius 1 is 1.27 bits per heavy atom. The van der Waals surface area contributed by atoms with Crippen LogP contribution < -0.4 is 16.8 Å². The Labute approximate surface area is 68.0 Å². The molecule has 6 N–H and O–H groups in total. The van der Waals surface area contributed by atoms with Crippen molar-refractivity contribution in [3.05, 3.63) is 0 Å². The van der Waals surface area contributed by atoms with Gasteiger partial charge in [-0.3, -0.25) is 0 Å². The van der Waals surface area contributed by atoms with Gasteiger partial charge in [0.25, 0.3) is 0 Å². The predicted molar refractivity (Wildman–Crippen MR) is 46.2 cm³/mol. The van der Waals surface area contributed by atoms with Crippen LogP contribution in [0.25, 0.3) is 0 Å². The highest BCUT2D eigenvalue weighted by molar-refractivity contribution is 4.57. The minimum absolute atomic E-state index is 0.346. The van der Waals surface area contributed by atoms with Crippen molar-refractivity contribution in [2.24, 2.45) is 11.5 Å². The van der Waals surface area contributed by atoms with E-state index in [1.165, 1.54) is 0 Å². The number of hydrogen-bond donors (Lipinski definition) is 4. The first-order valence-corrected chi connectivity index (χ1v) is 4.10. The van der Waals surface area contributed by atoms with Gasteiger partial charge in [-0.15, -0.1) is 0 Å². The molecule has 4 nitrogen and oxygen atoms in total. The maximum absolute atomic E-state index is 9.02. The Hall–Kier alpha value is -0.160. The van der Waals surface area contributed by atoms with Crippen LogP contribution in [0.2, 0.25) is 0 Å². The van der Waals surface area contributed by atoms with Crippen molar-refractivity contribution < 1.29 is 5.11 Å². The molecular weight excluding hydrogens is 142 g/mol. The lowest BCUT2D eigenvalue weighted by Gasteiger charge is -2.07. The molecule has 0 aromatic carbocycles. The van der Waals surface area contributed by atoms with Gasteiger partial charge in [0.05, 0.1) is 6.10 Å². The van der Waals surface area contributed by atoms with E-state index in [-0.39, 0.29) is 6.10 Å². The highest BCUT2D eigenvalue weighted by Crippen LogP contribution is 1.85. The van der Waals surface area contributed by atoms with Gasteiger partial charge in [-0.2, -0.15) is 0 Å². The molecule has 0 bridgehead atoms. The van der Waals surface area contributed by atoms with Crippen molar-refractivity contribution in [1.82, 2.24) is 5.32 Å². The van der Waals surface area contributed by atoms with Crippen LogP contribution in [0.4, 0.5) is 0 Å². The van der Waals surface area contributed by atoms with Crippen LogP contribution in [0.5, 0.6) is 0 Å². The second-order valence-electron chi connectivity index (χ2n) is 2.57. The van der Waals surface area contributed by atoms with Crippen molar-refractivity contribution in [2.75, 3.05) is 26.2 Å². The number of nitrogens with two attached hydrogens (primary N) is 2. The van der Waals surface area contributed by atoms with Gasteiger partial charge in [0.2, 0.25) is 0 Å². The van der Waals surface area contributed by atoms with Gasteiger partial charge in [-0.25, -0.2) is 0 Å². The molecule has 0 aliphatic rings. The minimum Gasteiger partial charge on any atom is -0.392 e. The zero-order valence-electron chi connectivity index (χ0n) is 6.92. The van der Waals surface area contributed by atoms with Crippen molar-refractivity contribution >= 4 is 0 Å². The standard InChI is InChI=1S/C7H19N3O/c8-3-1-4-10-5-2-7(11)6-9/h7,10-11H,1-6,8-9H2. The molecule has 1 unspecified atom stereocenters. The van der Waals surface area contributed by atoms with E-state index >= 15 is 0 Å². The molecule has 0 amide bonds. The highest BCUT2D eigenvalue weighted by atomic mass is 16.3. The molecule has 0 spiro atoms. The lowest BCUT2D eigenvalue weighted by molar-refractivity contribution is 0.172. The zero-order chi connectivity index (χ0) is 8.53. The van der Waals surface area contributed by atoms with E-state index in [1.54, 1.807) is 0 Å². The van der Waals surface area contributed by atoms with Crippen LogP contribution in [0.15, 0.2) is 0 Å². The summed E-state index contributed by atoms with van der Waals surface area (Å²) in [6.45, 7) is 2.80. The lowest BCUT2D eigenvalue weighted by Crippen LogP contribution is -2.27. The maximum atomic E-state index is 9.02. The van der Waals surface area contributed by atoms with Crippen molar-refractivity contribution in [2.45, 2.75) is 18.9 Å². The maximum Gasteiger partial charge on any atom is 0.0674 e. The molecule has 0 aliphatic heterocycles. The fourth-order valence-corrected chi connectivity index (χ4v) is 0.739. The molecule has 0 rings (SSSR count). The first-order chi connectivity index (χ1) is 5.31. The van der Waals surface area contributed by atoms with E-state index < -0.39 is 0 Å². The van der Waals surface area contributed by atoms with Gasteiger partial charge in [0, 0.05) is 6.54 Å². The van der Waals surface area contributed by atoms with Gasteiger partial charge in [0.1, 0.15) is 0 Å². The average Bonchev–Trinajstić information content (AvgIpc) is 2.04. The zero-order valence-corrected chi connectivity index (χ0v) is 6.92. The summed E-state index contributed by atoms with van der Waals surface area (Å²) in [6.07, 6.45) is 1.35. The summed E-state index contributed by atoms with van der Waals surface area (Å²) in [5, 5.41) is 12.2. The third kappa shape index (κ3) is 7.74. The summed E-state index contributed by atoms with van der Waals surface area (Å²) in [6, 6.07) is 0. The summed E-state index contributed by atoms with van der Waals surface area (Å²) >= 11 is 0. The van der Waals surface area contributed by atoms with Gasteiger partial charge < -0.3 is 21.9 Å².